The third kappa shape index (κ3) is 5.70. The van der Waals surface area contributed by atoms with E-state index in [-0.39, 0.29) is 0 Å². The molecule has 2 N–H and O–H groups in total. The fraction of sp³-hybridized carbons (Fsp3) is 0.583. The molecule has 2 aliphatic heterocycles. The van der Waals surface area contributed by atoms with Gasteiger partial charge >= 0.3 is 0 Å². The van der Waals surface area contributed by atoms with Crippen LogP contribution in [-0.4, -0.2) is 66.4 Å². The summed E-state index contributed by atoms with van der Waals surface area (Å²) in [6.07, 6.45) is 5.44. The Balaban J connectivity index is 1.21. The Labute approximate surface area is 180 Å². The largest absolute Gasteiger partial charge is 0.337 e. The van der Waals surface area contributed by atoms with Gasteiger partial charge in [-0.1, -0.05) is 44.2 Å². The third-order valence-corrected chi connectivity index (χ3v) is 6.62. The van der Waals surface area contributed by atoms with Crippen molar-refractivity contribution in [1.82, 2.24) is 14.7 Å². The highest BCUT2D eigenvalue weighted by atomic mass is 16.2. The van der Waals surface area contributed by atoms with E-state index in [1.165, 1.54) is 22.4 Å². The minimum Gasteiger partial charge on any atom is -0.337 e. The molecule has 2 aromatic rings. The zero-order valence-electron chi connectivity index (χ0n) is 18.5. The molecule has 4 rings (SSSR count). The van der Waals surface area contributed by atoms with Crippen molar-refractivity contribution in [3.63, 3.8) is 0 Å². The van der Waals surface area contributed by atoms with Crippen LogP contribution in [0.1, 0.15) is 31.4 Å². The first-order chi connectivity index (χ1) is 14.5. The van der Waals surface area contributed by atoms with Gasteiger partial charge in [0.1, 0.15) is 32.7 Å². The van der Waals surface area contributed by atoms with Gasteiger partial charge in [0.15, 0.2) is 6.54 Å². The Morgan fingerprint density at radius 1 is 1.00 bits per heavy atom. The Kier molecular flexibility index (Phi) is 6.85. The molecule has 30 heavy (non-hydrogen) atoms. The van der Waals surface area contributed by atoms with Crippen molar-refractivity contribution < 1.29 is 14.6 Å². The normalized spacial score (nSPS) is 27.2. The molecule has 0 bridgehead atoms. The number of quaternary nitrogens is 2. The van der Waals surface area contributed by atoms with Gasteiger partial charge in [0.05, 0.1) is 12.7 Å². The summed E-state index contributed by atoms with van der Waals surface area (Å²) in [5.41, 5.74) is 2.58. The van der Waals surface area contributed by atoms with Gasteiger partial charge in [0, 0.05) is 24.8 Å². The fourth-order valence-electron chi connectivity index (χ4n) is 5.15. The van der Waals surface area contributed by atoms with Crippen LogP contribution in [0.25, 0.3) is 0 Å². The molecule has 1 aromatic carbocycles. The average molecular weight is 412 g/mol. The van der Waals surface area contributed by atoms with Crippen LogP contribution in [0.15, 0.2) is 42.7 Å². The number of piperidine rings is 1. The number of amides is 1. The number of piperazine rings is 1. The number of hydrogen-bond acceptors (Lipinski definition) is 2. The molecule has 2 saturated heterocycles. The van der Waals surface area contributed by atoms with Crippen LogP contribution in [0, 0.1) is 11.8 Å². The number of likely N-dealkylation sites (tertiary alicyclic amines) is 1. The van der Waals surface area contributed by atoms with Crippen molar-refractivity contribution in [2.24, 2.45) is 11.8 Å². The molecule has 0 saturated carbocycles. The van der Waals surface area contributed by atoms with Crippen molar-refractivity contribution in [2.75, 3.05) is 45.8 Å². The van der Waals surface area contributed by atoms with Crippen LogP contribution in [-0.2, 0) is 17.9 Å². The molecule has 0 unspecified atom stereocenters. The van der Waals surface area contributed by atoms with Crippen molar-refractivity contribution in [1.29, 1.82) is 0 Å². The van der Waals surface area contributed by atoms with E-state index in [0.717, 1.165) is 52.4 Å². The standard InChI is InChI=1S/C24H35N5O/c1-20-12-21(2)15-28(14-20)24(30)19-27-10-8-26(9-11-27)16-23-13-25-29(18-23)17-22-6-4-3-5-7-22/h3-7,13,18,20-21H,8-12,14-17,19H2,1-2H3/p+2/t20-,21-/m0/s1. The van der Waals surface area contributed by atoms with Crippen LogP contribution in [0.5, 0.6) is 0 Å². The lowest BCUT2D eigenvalue weighted by Gasteiger charge is -2.36. The number of aromatic nitrogens is 2. The summed E-state index contributed by atoms with van der Waals surface area (Å²) >= 11 is 0. The monoisotopic (exact) mass is 411 g/mol. The van der Waals surface area contributed by atoms with E-state index in [1.54, 1.807) is 4.90 Å². The van der Waals surface area contributed by atoms with E-state index >= 15 is 0 Å². The summed E-state index contributed by atoms with van der Waals surface area (Å²) in [7, 11) is 0. The predicted octanol–water partition coefficient (Wildman–Crippen LogP) is -0.281. The number of hydrogen-bond donors (Lipinski definition) is 2. The summed E-state index contributed by atoms with van der Waals surface area (Å²) in [4.78, 5) is 17.9. The highest BCUT2D eigenvalue weighted by Crippen LogP contribution is 2.20. The second kappa shape index (κ2) is 9.75. The average Bonchev–Trinajstić information content (AvgIpc) is 3.16. The molecule has 162 valence electrons. The van der Waals surface area contributed by atoms with Gasteiger partial charge in [-0.25, -0.2) is 0 Å². The molecule has 0 spiro atoms. The van der Waals surface area contributed by atoms with Gasteiger partial charge in [-0.15, -0.1) is 0 Å². The van der Waals surface area contributed by atoms with E-state index in [1.807, 2.05) is 16.9 Å². The van der Waals surface area contributed by atoms with E-state index in [2.05, 4.69) is 54.3 Å². The van der Waals surface area contributed by atoms with E-state index in [9.17, 15) is 4.79 Å². The molecular formula is C24H37N5O+2. The first kappa shape index (κ1) is 21.1. The smallest absolute Gasteiger partial charge is 0.277 e. The Morgan fingerprint density at radius 2 is 1.67 bits per heavy atom. The zero-order chi connectivity index (χ0) is 20.9. The van der Waals surface area contributed by atoms with Gasteiger partial charge in [-0.2, -0.15) is 5.10 Å². The van der Waals surface area contributed by atoms with Gasteiger partial charge in [0.25, 0.3) is 5.91 Å². The maximum absolute atomic E-state index is 12.8. The van der Waals surface area contributed by atoms with Gasteiger partial charge in [-0.05, 0) is 23.8 Å². The van der Waals surface area contributed by atoms with E-state index in [4.69, 9.17) is 0 Å². The number of nitrogens with zero attached hydrogens (tertiary/aromatic N) is 3. The lowest BCUT2D eigenvalue weighted by Crippen LogP contribution is -3.28. The number of benzene rings is 1. The van der Waals surface area contributed by atoms with Crippen molar-refractivity contribution in [3.8, 4) is 0 Å². The minimum atomic E-state index is 0.356. The molecule has 0 radical (unpaired) electrons. The fourth-order valence-corrected chi connectivity index (χ4v) is 5.15. The first-order valence-corrected chi connectivity index (χ1v) is 11.6. The van der Waals surface area contributed by atoms with Crippen LogP contribution < -0.4 is 9.80 Å². The van der Waals surface area contributed by atoms with Crippen LogP contribution in [0.4, 0.5) is 0 Å². The second-order valence-corrected chi connectivity index (χ2v) is 9.63. The molecule has 1 aromatic heterocycles. The molecule has 6 heteroatoms. The topological polar surface area (TPSA) is 47.0 Å². The maximum Gasteiger partial charge on any atom is 0.277 e. The maximum atomic E-state index is 12.8. The zero-order valence-corrected chi connectivity index (χ0v) is 18.5. The predicted molar refractivity (Wildman–Crippen MR) is 117 cm³/mol. The summed E-state index contributed by atoms with van der Waals surface area (Å²) in [5.74, 6) is 1.63. The number of carbonyl (C=O) groups is 1. The second-order valence-electron chi connectivity index (χ2n) is 9.63. The highest BCUT2D eigenvalue weighted by molar-refractivity contribution is 5.77. The summed E-state index contributed by atoms with van der Waals surface area (Å²) in [6.45, 7) is 13.4. The Bertz CT molecular complexity index is 802. The number of carbonyl (C=O) groups excluding carboxylic acids is 1. The third-order valence-electron chi connectivity index (χ3n) is 6.62. The molecule has 1 amide bonds. The Hall–Kier alpha value is -2.18. The van der Waals surface area contributed by atoms with Gasteiger partial charge in [0.2, 0.25) is 0 Å². The van der Waals surface area contributed by atoms with E-state index in [0.29, 0.717) is 24.3 Å². The van der Waals surface area contributed by atoms with Crippen molar-refractivity contribution in [2.45, 2.75) is 33.4 Å². The van der Waals surface area contributed by atoms with Crippen LogP contribution in [0.2, 0.25) is 0 Å². The van der Waals surface area contributed by atoms with Gasteiger partial charge < -0.3 is 14.7 Å². The summed E-state index contributed by atoms with van der Waals surface area (Å²) in [6, 6.07) is 10.5. The highest BCUT2D eigenvalue weighted by Gasteiger charge is 2.30. The lowest BCUT2D eigenvalue weighted by atomic mass is 9.92. The molecular weight excluding hydrogens is 374 g/mol. The van der Waals surface area contributed by atoms with E-state index < -0.39 is 0 Å². The first-order valence-electron chi connectivity index (χ1n) is 11.6. The van der Waals surface area contributed by atoms with Crippen molar-refractivity contribution >= 4 is 5.91 Å². The number of nitrogens with one attached hydrogen (secondary N) is 2. The molecule has 2 fully saturated rings. The molecule has 3 heterocycles. The molecule has 2 atom stereocenters. The Morgan fingerprint density at radius 3 is 2.37 bits per heavy atom. The summed E-state index contributed by atoms with van der Waals surface area (Å²) in [5, 5.41) is 4.54. The summed E-state index contributed by atoms with van der Waals surface area (Å²) < 4.78 is 2.03. The van der Waals surface area contributed by atoms with Crippen molar-refractivity contribution in [3.05, 3.63) is 53.9 Å². The lowest BCUT2D eigenvalue weighted by molar-refractivity contribution is -1.02. The quantitative estimate of drug-likeness (QED) is 0.687. The SMILES string of the molecule is C[C@H]1C[C@H](C)CN(C(=O)C[NH+]2CC[NH+](Cc3cnn(Cc4ccccc4)c3)CC2)C1. The minimum absolute atomic E-state index is 0.356. The number of rotatable bonds is 6. The molecule has 2 aliphatic rings. The molecule has 6 nitrogen and oxygen atoms in total. The van der Waals surface area contributed by atoms with Crippen LogP contribution in [0.3, 0.4) is 0 Å². The van der Waals surface area contributed by atoms with Gasteiger partial charge in [-0.3, -0.25) is 9.48 Å². The molecule has 0 aliphatic carbocycles. The van der Waals surface area contributed by atoms with Crippen LogP contribution >= 0.6 is 0 Å².